The molecule has 7 nitrogen and oxygen atoms in total. The van der Waals surface area contributed by atoms with Gasteiger partial charge in [0.1, 0.15) is 18.3 Å². The molecule has 0 unspecified atom stereocenters. The van der Waals surface area contributed by atoms with E-state index in [1.807, 2.05) is 29.0 Å². The third-order valence-corrected chi connectivity index (χ3v) is 5.01. The number of nitrogens with one attached hydrogen (secondary N) is 1. The maximum Gasteiger partial charge on any atom is 0.190 e. The van der Waals surface area contributed by atoms with E-state index >= 15 is 0 Å². The Kier molecular flexibility index (Phi) is 3.27. The summed E-state index contributed by atoms with van der Waals surface area (Å²) in [6.07, 6.45) is 2.43. The minimum Gasteiger partial charge on any atom is -0.388 e. The SMILES string of the molecule is O=c1cc(-c2nccn2[C@@H]2CO[C@H]3[C@@H]2OC[C@H]3O)[nH]c2ccccc12. The minimum absolute atomic E-state index is 0.0491. The van der Waals surface area contributed by atoms with Gasteiger partial charge in [0.05, 0.1) is 24.9 Å². The van der Waals surface area contributed by atoms with Crippen LogP contribution in [0.25, 0.3) is 22.4 Å². The fraction of sp³-hybridized carbons (Fsp3) is 0.333. The summed E-state index contributed by atoms with van der Waals surface area (Å²) in [6, 6.07) is 8.88. The van der Waals surface area contributed by atoms with Crippen LogP contribution in [0.3, 0.4) is 0 Å². The van der Waals surface area contributed by atoms with Gasteiger partial charge in [-0.1, -0.05) is 12.1 Å². The Balaban J connectivity index is 1.59. The zero-order valence-corrected chi connectivity index (χ0v) is 13.3. The first-order valence-electron chi connectivity index (χ1n) is 8.29. The lowest BCUT2D eigenvalue weighted by Gasteiger charge is -2.19. The van der Waals surface area contributed by atoms with Crippen LogP contribution in [0.5, 0.6) is 0 Å². The van der Waals surface area contributed by atoms with Gasteiger partial charge in [0.2, 0.25) is 0 Å². The van der Waals surface area contributed by atoms with Crippen molar-refractivity contribution >= 4 is 10.9 Å². The number of rotatable bonds is 2. The second-order valence-electron chi connectivity index (χ2n) is 6.48. The van der Waals surface area contributed by atoms with Crippen LogP contribution in [0.2, 0.25) is 0 Å². The van der Waals surface area contributed by atoms with Crippen LogP contribution in [0, 0.1) is 0 Å². The largest absolute Gasteiger partial charge is 0.388 e. The van der Waals surface area contributed by atoms with Gasteiger partial charge in [-0.3, -0.25) is 4.79 Å². The summed E-state index contributed by atoms with van der Waals surface area (Å²) in [7, 11) is 0. The lowest BCUT2D eigenvalue weighted by molar-refractivity contribution is 0.0172. The zero-order valence-electron chi connectivity index (χ0n) is 13.3. The molecule has 128 valence electrons. The van der Waals surface area contributed by atoms with E-state index in [1.165, 1.54) is 0 Å². The third-order valence-electron chi connectivity index (χ3n) is 5.01. The first-order chi connectivity index (χ1) is 12.2. The van der Waals surface area contributed by atoms with Crippen molar-refractivity contribution in [1.29, 1.82) is 0 Å². The number of hydrogen-bond donors (Lipinski definition) is 2. The maximum absolute atomic E-state index is 12.4. The van der Waals surface area contributed by atoms with Gasteiger partial charge in [-0.25, -0.2) is 4.98 Å². The van der Waals surface area contributed by atoms with Crippen LogP contribution in [-0.4, -0.2) is 51.2 Å². The Hall–Kier alpha value is -2.48. The number of aliphatic hydroxyl groups is 1. The summed E-state index contributed by atoms with van der Waals surface area (Å²) < 4.78 is 13.4. The summed E-state index contributed by atoms with van der Waals surface area (Å²) in [5.74, 6) is 0.655. The van der Waals surface area contributed by atoms with Gasteiger partial charge in [-0.05, 0) is 12.1 Å². The smallest absolute Gasteiger partial charge is 0.190 e. The van der Waals surface area contributed by atoms with Gasteiger partial charge in [0, 0.05) is 29.4 Å². The number of H-pyrrole nitrogens is 1. The Morgan fingerprint density at radius 3 is 2.96 bits per heavy atom. The second kappa shape index (κ2) is 5.52. The number of aliphatic hydroxyl groups excluding tert-OH is 1. The molecule has 0 amide bonds. The molecule has 2 N–H and O–H groups in total. The highest BCUT2D eigenvalue weighted by Gasteiger charge is 2.48. The van der Waals surface area contributed by atoms with Crippen molar-refractivity contribution in [3.05, 3.63) is 52.9 Å². The lowest BCUT2D eigenvalue weighted by atomic mass is 10.1. The van der Waals surface area contributed by atoms with Crippen molar-refractivity contribution in [1.82, 2.24) is 14.5 Å². The highest BCUT2D eigenvalue weighted by molar-refractivity contribution is 5.80. The average Bonchev–Trinajstić information content (AvgIpc) is 3.32. The standard InChI is InChI=1S/C18H17N3O4/c22-14-7-12(20-11-4-2-1-3-10(11)14)18-19-5-6-21(18)13-8-24-17-15(23)9-25-16(13)17/h1-7,13,15-17,23H,8-9H2,(H,20,22)/t13-,15-,16-,17-/m1/s1. The van der Waals surface area contributed by atoms with Crippen LogP contribution in [0.15, 0.2) is 47.5 Å². The van der Waals surface area contributed by atoms with E-state index in [-0.39, 0.29) is 30.3 Å². The molecule has 0 bridgehead atoms. The van der Waals surface area contributed by atoms with Gasteiger partial charge in [-0.2, -0.15) is 0 Å². The Morgan fingerprint density at radius 2 is 2.04 bits per heavy atom. The molecule has 2 saturated heterocycles. The number of para-hydroxylation sites is 1. The normalized spacial score (nSPS) is 28.5. The molecule has 4 atom stereocenters. The number of nitrogens with zero attached hydrogens (tertiary/aromatic N) is 2. The highest BCUT2D eigenvalue weighted by atomic mass is 16.6. The van der Waals surface area contributed by atoms with Gasteiger partial charge in [-0.15, -0.1) is 0 Å². The van der Waals surface area contributed by atoms with Crippen LogP contribution in [-0.2, 0) is 9.47 Å². The first kappa shape index (κ1) is 14.8. The van der Waals surface area contributed by atoms with Crippen molar-refractivity contribution in [3.63, 3.8) is 0 Å². The zero-order chi connectivity index (χ0) is 17.0. The maximum atomic E-state index is 12.4. The summed E-state index contributed by atoms with van der Waals surface area (Å²) >= 11 is 0. The fourth-order valence-electron chi connectivity index (χ4n) is 3.80. The van der Waals surface area contributed by atoms with E-state index in [0.717, 1.165) is 5.52 Å². The molecule has 0 spiro atoms. The molecule has 1 aromatic carbocycles. The van der Waals surface area contributed by atoms with E-state index in [1.54, 1.807) is 18.3 Å². The van der Waals surface area contributed by atoms with Gasteiger partial charge in [0.25, 0.3) is 0 Å². The Labute approximate surface area is 142 Å². The third kappa shape index (κ3) is 2.24. The molecule has 0 saturated carbocycles. The molecule has 7 heteroatoms. The van der Waals surface area contributed by atoms with Crippen molar-refractivity contribution in [2.24, 2.45) is 0 Å². The summed E-state index contributed by atoms with van der Waals surface area (Å²) in [5.41, 5.74) is 1.37. The van der Waals surface area contributed by atoms with Crippen LogP contribution in [0.4, 0.5) is 0 Å². The van der Waals surface area contributed by atoms with Gasteiger partial charge < -0.3 is 24.1 Å². The van der Waals surface area contributed by atoms with E-state index in [0.29, 0.717) is 23.5 Å². The molecule has 2 aromatic heterocycles. The highest BCUT2D eigenvalue weighted by Crippen LogP contribution is 2.36. The van der Waals surface area contributed by atoms with E-state index in [9.17, 15) is 9.90 Å². The molecule has 3 aromatic rings. The predicted molar refractivity (Wildman–Crippen MR) is 90.3 cm³/mol. The van der Waals surface area contributed by atoms with Crippen LogP contribution < -0.4 is 5.43 Å². The monoisotopic (exact) mass is 339 g/mol. The van der Waals surface area contributed by atoms with Crippen molar-refractivity contribution in [3.8, 4) is 11.5 Å². The summed E-state index contributed by atoms with van der Waals surface area (Å²) in [5, 5.41) is 10.6. The predicted octanol–water partition coefficient (Wildman–Crippen LogP) is 1.09. The fourth-order valence-corrected chi connectivity index (χ4v) is 3.80. The number of aromatic amines is 1. The van der Waals surface area contributed by atoms with Gasteiger partial charge in [0.15, 0.2) is 11.3 Å². The summed E-state index contributed by atoms with van der Waals surface area (Å²) in [4.78, 5) is 20.1. The molecule has 0 radical (unpaired) electrons. The molecule has 25 heavy (non-hydrogen) atoms. The molecule has 4 heterocycles. The van der Waals surface area contributed by atoms with Crippen LogP contribution in [0.1, 0.15) is 6.04 Å². The van der Waals surface area contributed by atoms with E-state index in [2.05, 4.69) is 9.97 Å². The topological polar surface area (TPSA) is 89.4 Å². The number of ether oxygens (including phenoxy) is 2. The quantitative estimate of drug-likeness (QED) is 0.730. The Morgan fingerprint density at radius 1 is 1.20 bits per heavy atom. The summed E-state index contributed by atoms with van der Waals surface area (Å²) in [6.45, 7) is 0.718. The van der Waals surface area contributed by atoms with E-state index < -0.39 is 6.10 Å². The molecule has 2 fully saturated rings. The number of imidazole rings is 1. The number of aromatic nitrogens is 3. The number of benzene rings is 1. The van der Waals surface area contributed by atoms with Crippen molar-refractivity contribution in [2.75, 3.05) is 13.2 Å². The second-order valence-corrected chi connectivity index (χ2v) is 6.48. The number of fused-ring (bicyclic) bond motifs is 2. The molecule has 5 rings (SSSR count). The van der Waals surface area contributed by atoms with Crippen molar-refractivity contribution < 1.29 is 14.6 Å². The number of pyridine rings is 1. The average molecular weight is 339 g/mol. The molecule has 2 aliphatic heterocycles. The number of hydrogen-bond acceptors (Lipinski definition) is 5. The molecule has 0 aliphatic carbocycles. The minimum atomic E-state index is -0.595. The van der Waals surface area contributed by atoms with Crippen molar-refractivity contribution in [2.45, 2.75) is 24.4 Å². The van der Waals surface area contributed by atoms with Crippen LogP contribution >= 0.6 is 0 Å². The molecule has 2 aliphatic rings. The van der Waals surface area contributed by atoms with Gasteiger partial charge >= 0.3 is 0 Å². The molecular formula is C18H17N3O4. The first-order valence-corrected chi connectivity index (χ1v) is 8.29. The Bertz CT molecular complexity index is 995. The lowest BCUT2D eigenvalue weighted by Crippen LogP contribution is -2.30. The molecular weight excluding hydrogens is 322 g/mol. The van der Waals surface area contributed by atoms with E-state index in [4.69, 9.17) is 9.47 Å².